The molecule has 110 valence electrons. The first-order chi connectivity index (χ1) is 9.44. The fourth-order valence-corrected chi connectivity index (χ4v) is 3.98. The van der Waals surface area contributed by atoms with E-state index in [1.165, 1.54) is 17.5 Å². The molecule has 1 unspecified atom stereocenters. The van der Waals surface area contributed by atoms with Crippen molar-refractivity contribution in [2.24, 2.45) is 16.7 Å². The number of rotatable bonds is 3. The van der Waals surface area contributed by atoms with E-state index >= 15 is 0 Å². The predicted octanol–water partition coefficient (Wildman–Crippen LogP) is 3.49. The Kier molecular flexibility index (Phi) is 3.42. The summed E-state index contributed by atoms with van der Waals surface area (Å²) < 4.78 is 0. The molecule has 1 aliphatic heterocycles. The monoisotopic (exact) mass is 272 g/mol. The summed E-state index contributed by atoms with van der Waals surface area (Å²) in [4.78, 5) is 0. The average molecular weight is 272 g/mol. The van der Waals surface area contributed by atoms with Gasteiger partial charge in [-0.2, -0.15) is 0 Å². The summed E-state index contributed by atoms with van der Waals surface area (Å²) in [6, 6.07) is 9.38. The van der Waals surface area contributed by atoms with E-state index in [0.717, 1.165) is 25.6 Å². The first-order valence-corrected chi connectivity index (χ1v) is 7.96. The lowest BCUT2D eigenvalue weighted by molar-refractivity contribution is 0.450. The van der Waals surface area contributed by atoms with Crippen LogP contribution in [0.4, 0.5) is 0 Å². The molecule has 1 atom stereocenters. The molecule has 2 nitrogen and oxygen atoms in total. The van der Waals surface area contributed by atoms with Crippen molar-refractivity contribution < 1.29 is 0 Å². The molecule has 1 heterocycles. The average Bonchev–Trinajstić information content (AvgIpc) is 2.90. The van der Waals surface area contributed by atoms with Gasteiger partial charge in [-0.05, 0) is 47.4 Å². The highest BCUT2D eigenvalue weighted by Crippen LogP contribution is 2.68. The molecule has 1 saturated carbocycles. The maximum absolute atomic E-state index is 3.85. The van der Waals surface area contributed by atoms with Crippen LogP contribution in [-0.2, 0) is 6.54 Å². The van der Waals surface area contributed by atoms with Gasteiger partial charge in [0.15, 0.2) is 0 Å². The fraction of sp³-hybridized carbons (Fsp3) is 0.667. The van der Waals surface area contributed by atoms with Crippen LogP contribution < -0.4 is 10.6 Å². The molecule has 0 saturated heterocycles. The first-order valence-electron chi connectivity index (χ1n) is 7.96. The van der Waals surface area contributed by atoms with Gasteiger partial charge < -0.3 is 10.6 Å². The third-order valence-corrected chi connectivity index (χ3v) is 6.24. The summed E-state index contributed by atoms with van der Waals surface area (Å²) in [5.41, 5.74) is 3.90. The van der Waals surface area contributed by atoms with Crippen LogP contribution in [0.25, 0.3) is 0 Å². The zero-order valence-electron chi connectivity index (χ0n) is 13.3. The summed E-state index contributed by atoms with van der Waals surface area (Å²) in [6.07, 6.45) is 1.19. The molecular formula is C18H28N2. The van der Waals surface area contributed by atoms with E-state index in [4.69, 9.17) is 0 Å². The number of hydrogen-bond acceptors (Lipinski definition) is 2. The fourth-order valence-electron chi connectivity index (χ4n) is 3.98. The number of fused-ring (bicyclic) bond motifs is 1. The number of nitrogens with one attached hydrogen (secondary N) is 2. The van der Waals surface area contributed by atoms with E-state index < -0.39 is 0 Å². The van der Waals surface area contributed by atoms with Crippen molar-refractivity contribution in [1.29, 1.82) is 0 Å². The van der Waals surface area contributed by atoms with E-state index in [9.17, 15) is 0 Å². The SMILES string of the molecule is CC1(C)C(CNC2CCNCc3ccccc32)C1(C)C. The molecule has 0 spiro atoms. The lowest BCUT2D eigenvalue weighted by atomic mass is 9.99. The van der Waals surface area contributed by atoms with Gasteiger partial charge in [-0.3, -0.25) is 0 Å². The molecule has 2 aliphatic rings. The van der Waals surface area contributed by atoms with Crippen molar-refractivity contribution in [1.82, 2.24) is 10.6 Å². The first kappa shape index (κ1) is 14.1. The quantitative estimate of drug-likeness (QED) is 0.880. The Morgan fingerprint density at radius 1 is 1.15 bits per heavy atom. The van der Waals surface area contributed by atoms with Gasteiger partial charge >= 0.3 is 0 Å². The Morgan fingerprint density at radius 3 is 2.55 bits per heavy atom. The van der Waals surface area contributed by atoms with Gasteiger partial charge in [0.1, 0.15) is 0 Å². The van der Waals surface area contributed by atoms with E-state index in [-0.39, 0.29) is 0 Å². The molecule has 0 amide bonds. The second kappa shape index (κ2) is 4.85. The Morgan fingerprint density at radius 2 is 1.85 bits per heavy atom. The smallest absolute Gasteiger partial charge is 0.0335 e. The predicted molar refractivity (Wildman–Crippen MR) is 84.6 cm³/mol. The number of benzene rings is 1. The van der Waals surface area contributed by atoms with Crippen molar-refractivity contribution in [3.05, 3.63) is 35.4 Å². The molecule has 2 heteroatoms. The summed E-state index contributed by atoms with van der Waals surface area (Å²) in [5, 5.41) is 7.38. The summed E-state index contributed by atoms with van der Waals surface area (Å²) in [7, 11) is 0. The summed E-state index contributed by atoms with van der Waals surface area (Å²) >= 11 is 0. The van der Waals surface area contributed by atoms with Gasteiger partial charge in [0.25, 0.3) is 0 Å². The molecule has 0 aromatic heterocycles. The minimum absolute atomic E-state index is 0.475. The highest BCUT2D eigenvalue weighted by molar-refractivity contribution is 5.31. The number of hydrogen-bond donors (Lipinski definition) is 2. The minimum atomic E-state index is 0.475. The zero-order chi connectivity index (χ0) is 14.4. The zero-order valence-corrected chi connectivity index (χ0v) is 13.3. The van der Waals surface area contributed by atoms with Crippen LogP contribution in [0.15, 0.2) is 24.3 Å². The second-order valence-electron chi connectivity index (χ2n) is 7.62. The van der Waals surface area contributed by atoms with Crippen molar-refractivity contribution in [2.45, 2.75) is 46.7 Å². The van der Waals surface area contributed by atoms with Gasteiger partial charge in [0, 0.05) is 12.6 Å². The molecule has 3 rings (SSSR count). The van der Waals surface area contributed by atoms with E-state index in [0.29, 0.717) is 16.9 Å². The molecule has 1 aromatic carbocycles. The van der Waals surface area contributed by atoms with Crippen LogP contribution in [0.2, 0.25) is 0 Å². The molecule has 20 heavy (non-hydrogen) atoms. The highest BCUT2D eigenvalue weighted by Gasteiger charge is 2.63. The van der Waals surface area contributed by atoms with Gasteiger partial charge in [-0.25, -0.2) is 0 Å². The Hall–Kier alpha value is -0.860. The van der Waals surface area contributed by atoms with Crippen LogP contribution in [0.5, 0.6) is 0 Å². The molecule has 1 fully saturated rings. The Labute approximate surface area is 123 Å². The van der Waals surface area contributed by atoms with Crippen molar-refractivity contribution in [3.8, 4) is 0 Å². The van der Waals surface area contributed by atoms with Crippen LogP contribution in [0.3, 0.4) is 0 Å². The van der Waals surface area contributed by atoms with Gasteiger partial charge in [0.2, 0.25) is 0 Å². The van der Waals surface area contributed by atoms with E-state index in [1.54, 1.807) is 0 Å². The second-order valence-corrected chi connectivity index (χ2v) is 7.62. The lowest BCUT2D eigenvalue weighted by Gasteiger charge is -2.19. The van der Waals surface area contributed by atoms with Crippen LogP contribution in [0, 0.1) is 16.7 Å². The topological polar surface area (TPSA) is 24.1 Å². The van der Waals surface area contributed by atoms with Crippen molar-refractivity contribution >= 4 is 0 Å². The molecular weight excluding hydrogens is 244 g/mol. The third-order valence-electron chi connectivity index (χ3n) is 6.24. The van der Waals surface area contributed by atoms with Gasteiger partial charge in [-0.15, -0.1) is 0 Å². The van der Waals surface area contributed by atoms with E-state index in [1.807, 2.05) is 0 Å². The van der Waals surface area contributed by atoms with Crippen LogP contribution in [0.1, 0.15) is 51.3 Å². The highest BCUT2D eigenvalue weighted by atomic mass is 15.0. The molecule has 0 bridgehead atoms. The van der Waals surface area contributed by atoms with Crippen LogP contribution >= 0.6 is 0 Å². The van der Waals surface area contributed by atoms with Crippen molar-refractivity contribution in [2.75, 3.05) is 13.1 Å². The van der Waals surface area contributed by atoms with Gasteiger partial charge in [0.05, 0.1) is 0 Å². The Bertz CT molecular complexity index is 476. The summed E-state index contributed by atoms with van der Waals surface area (Å²) in [6.45, 7) is 12.9. The van der Waals surface area contributed by atoms with Crippen molar-refractivity contribution in [3.63, 3.8) is 0 Å². The molecule has 0 radical (unpaired) electrons. The molecule has 1 aromatic rings. The normalized spacial score (nSPS) is 27.7. The third kappa shape index (κ3) is 2.19. The summed E-state index contributed by atoms with van der Waals surface area (Å²) in [5.74, 6) is 0.790. The Balaban J connectivity index is 1.70. The maximum atomic E-state index is 3.85. The minimum Gasteiger partial charge on any atom is -0.313 e. The van der Waals surface area contributed by atoms with Gasteiger partial charge in [-0.1, -0.05) is 52.0 Å². The molecule has 2 N–H and O–H groups in total. The van der Waals surface area contributed by atoms with E-state index in [2.05, 4.69) is 62.6 Å². The van der Waals surface area contributed by atoms with Crippen LogP contribution in [-0.4, -0.2) is 13.1 Å². The standard InChI is InChI=1S/C18H28N2/c1-17(2)16(18(17,3)4)12-20-15-9-10-19-11-13-7-5-6-8-14(13)15/h5-8,15-16,19-20H,9-12H2,1-4H3. The lowest BCUT2D eigenvalue weighted by Crippen LogP contribution is -2.26. The largest absolute Gasteiger partial charge is 0.313 e. The molecule has 1 aliphatic carbocycles. The maximum Gasteiger partial charge on any atom is 0.0335 e.